The molecular formula is C34H62O2Si2. The molecule has 0 N–H and O–H groups in total. The zero-order valence-electron chi connectivity index (χ0n) is 27.4. The number of rotatable bonds is 7. The normalized spacial score (nSPS) is 32.6. The summed E-state index contributed by atoms with van der Waals surface area (Å²) in [6.45, 7) is 33.1. The Balaban J connectivity index is 1.90. The Morgan fingerprint density at radius 1 is 0.895 bits per heavy atom. The number of fused-ring (bicyclic) bond motifs is 1. The first-order chi connectivity index (χ1) is 17.3. The molecule has 3 saturated carbocycles. The Morgan fingerprint density at radius 3 is 1.89 bits per heavy atom. The van der Waals surface area contributed by atoms with E-state index in [4.69, 9.17) is 8.85 Å². The van der Waals surface area contributed by atoms with Crippen molar-refractivity contribution in [3.63, 3.8) is 0 Å². The van der Waals surface area contributed by atoms with E-state index in [0.29, 0.717) is 5.41 Å². The summed E-state index contributed by atoms with van der Waals surface area (Å²) in [5, 5.41) is 0.354. The highest BCUT2D eigenvalue weighted by atomic mass is 28.4. The maximum atomic E-state index is 7.05. The molecule has 1 unspecified atom stereocenters. The second kappa shape index (κ2) is 11.5. The van der Waals surface area contributed by atoms with Gasteiger partial charge in [0.1, 0.15) is 0 Å². The lowest BCUT2D eigenvalue weighted by Crippen LogP contribution is -2.49. The highest BCUT2D eigenvalue weighted by Gasteiger charge is 2.49. The minimum absolute atomic E-state index is 0.0566. The van der Waals surface area contributed by atoms with Gasteiger partial charge in [-0.25, -0.2) is 0 Å². The molecule has 0 aliphatic heterocycles. The summed E-state index contributed by atoms with van der Waals surface area (Å²) in [6.07, 6.45) is 16.7. The molecule has 0 saturated heterocycles. The fourth-order valence-corrected chi connectivity index (χ4v) is 9.46. The summed E-state index contributed by atoms with van der Waals surface area (Å²) < 4.78 is 14.1. The van der Waals surface area contributed by atoms with Gasteiger partial charge in [0.25, 0.3) is 0 Å². The van der Waals surface area contributed by atoms with Gasteiger partial charge in [0.05, 0.1) is 12.2 Å². The summed E-state index contributed by atoms with van der Waals surface area (Å²) in [5.41, 5.74) is 4.90. The van der Waals surface area contributed by atoms with Crippen molar-refractivity contribution in [1.82, 2.24) is 0 Å². The van der Waals surface area contributed by atoms with Gasteiger partial charge >= 0.3 is 0 Å². The monoisotopic (exact) mass is 558 g/mol. The Kier molecular flexibility index (Phi) is 9.67. The lowest BCUT2D eigenvalue weighted by atomic mass is 9.63. The minimum atomic E-state index is -1.93. The van der Waals surface area contributed by atoms with E-state index < -0.39 is 16.6 Å². The molecule has 0 aromatic heterocycles. The van der Waals surface area contributed by atoms with Crippen molar-refractivity contribution in [2.24, 2.45) is 17.3 Å². The Hall–Kier alpha value is -0.426. The third-order valence-corrected chi connectivity index (χ3v) is 20.5. The molecule has 4 heteroatoms. The van der Waals surface area contributed by atoms with Crippen LogP contribution in [0.1, 0.15) is 113 Å². The molecule has 3 aliphatic carbocycles. The van der Waals surface area contributed by atoms with Gasteiger partial charge in [-0.2, -0.15) is 0 Å². The first-order valence-electron chi connectivity index (χ1n) is 15.7. The zero-order valence-corrected chi connectivity index (χ0v) is 29.4. The van der Waals surface area contributed by atoms with Crippen LogP contribution in [0.2, 0.25) is 36.3 Å². The summed E-state index contributed by atoms with van der Waals surface area (Å²) >= 11 is 0. The molecular weight excluding hydrogens is 497 g/mol. The molecule has 3 aliphatic rings. The van der Waals surface area contributed by atoms with Gasteiger partial charge in [0.15, 0.2) is 16.6 Å². The average Bonchev–Trinajstić information content (AvgIpc) is 3.10. The molecule has 38 heavy (non-hydrogen) atoms. The molecule has 0 aromatic carbocycles. The second-order valence-corrected chi connectivity index (χ2v) is 25.8. The van der Waals surface area contributed by atoms with Crippen molar-refractivity contribution >= 4 is 16.6 Å². The third-order valence-electron chi connectivity index (χ3n) is 11.5. The molecule has 218 valence electrons. The fourth-order valence-electron chi connectivity index (χ4n) is 6.86. The maximum Gasteiger partial charge on any atom is 0.192 e. The summed E-state index contributed by atoms with van der Waals surface area (Å²) in [7, 11) is -3.87. The van der Waals surface area contributed by atoms with Gasteiger partial charge in [0.2, 0.25) is 0 Å². The van der Waals surface area contributed by atoms with E-state index in [1.54, 1.807) is 5.57 Å². The van der Waals surface area contributed by atoms with Crippen molar-refractivity contribution in [1.29, 1.82) is 0 Å². The van der Waals surface area contributed by atoms with E-state index >= 15 is 0 Å². The molecule has 0 aromatic rings. The molecule has 0 heterocycles. The number of hydrogen-bond acceptors (Lipinski definition) is 2. The van der Waals surface area contributed by atoms with E-state index in [9.17, 15) is 0 Å². The molecule has 5 atom stereocenters. The number of hydrogen-bond donors (Lipinski definition) is 0. The van der Waals surface area contributed by atoms with Crippen molar-refractivity contribution in [2.75, 3.05) is 0 Å². The topological polar surface area (TPSA) is 18.5 Å². The Labute approximate surface area is 239 Å². The Morgan fingerprint density at radius 2 is 1.42 bits per heavy atom. The fraction of sp³-hybridized carbons (Fsp3) is 0.824. The van der Waals surface area contributed by atoms with E-state index in [1.165, 1.54) is 56.1 Å². The van der Waals surface area contributed by atoms with E-state index in [1.807, 2.05) is 0 Å². The van der Waals surface area contributed by atoms with Gasteiger partial charge in [-0.1, -0.05) is 98.1 Å². The van der Waals surface area contributed by atoms with Gasteiger partial charge < -0.3 is 8.85 Å². The van der Waals surface area contributed by atoms with Crippen LogP contribution in [-0.2, 0) is 8.85 Å². The summed E-state index contributed by atoms with van der Waals surface area (Å²) in [5.74, 6) is 1.69. The van der Waals surface area contributed by atoms with Gasteiger partial charge in [-0.15, -0.1) is 0 Å². The molecule has 2 nitrogen and oxygen atoms in total. The summed E-state index contributed by atoms with van der Waals surface area (Å²) in [6, 6.07) is 0. The third kappa shape index (κ3) is 6.72. The minimum Gasteiger partial charge on any atom is -0.410 e. The van der Waals surface area contributed by atoms with E-state index in [0.717, 1.165) is 24.7 Å². The lowest BCUT2D eigenvalue weighted by Gasteiger charge is -2.46. The van der Waals surface area contributed by atoms with Gasteiger partial charge in [-0.05, 0) is 104 Å². The molecule has 0 spiro atoms. The maximum absolute atomic E-state index is 7.05. The average molecular weight is 559 g/mol. The van der Waals surface area contributed by atoms with Crippen LogP contribution < -0.4 is 0 Å². The number of allylic oxidation sites excluding steroid dienone is 3. The van der Waals surface area contributed by atoms with Crippen molar-refractivity contribution in [2.45, 2.75) is 162 Å². The SMILES string of the molecule is C=C1[C@H](O[Si](C)(C)C(C)(C)C)CC(=CC=C2CCC[C@]3(C)C(CCC)CC[C@@H]23)C[C@H]1O[Si](C)(C)C(C)(C)C. The van der Waals surface area contributed by atoms with Crippen molar-refractivity contribution < 1.29 is 8.85 Å². The smallest absolute Gasteiger partial charge is 0.192 e. The standard InChI is InChI=1S/C34H62O2Si2/c1-14-16-28-20-21-29-27(17-15-22-34(28,29)9)19-18-26-23-30(35-37(10,11)32(3,4)5)25(2)31(24-26)36-38(12,13)33(6,7)8/h18-19,28-31H,2,14-17,20-24H2,1,3-13H3/t28?,29-,30+,31+,34+/m0/s1. The molecule has 0 amide bonds. The summed E-state index contributed by atoms with van der Waals surface area (Å²) in [4.78, 5) is 0. The first-order valence-corrected chi connectivity index (χ1v) is 21.6. The second-order valence-electron chi connectivity index (χ2n) is 16.3. The first kappa shape index (κ1) is 32.1. The van der Waals surface area contributed by atoms with Crippen LogP contribution >= 0.6 is 0 Å². The molecule has 3 fully saturated rings. The van der Waals surface area contributed by atoms with Gasteiger partial charge in [-0.3, -0.25) is 0 Å². The van der Waals surface area contributed by atoms with Crippen molar-refractivity contribution in [3.8, 4) is 0 Å². The van der Waals surface area contributed by atoms with Crippen LogP contribution in [0.3, 0.4) is 0 Å². The predicted molar refractivity (Wildman–Crippen MR) is 172 cm³/mol. The predicted octanol–water partition coefficient (Wildman–Crippen LogP) is 11.0. The van der Waals surface area contributed by atoms with Crippen LogP contribution in [0.15, 0.2) is 35.5 Å². The van der Waals surface area contributed by atoms with Crippen molar-refractivity contribution in [3.05, 3.63) is 35.5 Å². The zero-order chi connectivity index (χ0) is 28.7. The van der Waals surface area contributed by atoms with E-state index in [-0.39, 0.29) is 22.3 Å². The molecule has 0 radical (unpaired) electrons. The highest BCUT2D eigenvalue weighted by molar-refractivity contribution is 6.74. The Bertz CT molecular complexity index is 872. The molecule has 3 rings (SSSR count). The molecule has 0 bridgehead atoms. The van der Waals surface area contributed by atoms with Crippen LogP contribution in [0.5, 0.6) is 0 Å². The van der Waals surface area contributed by atoms with Crippen LogP contribution in [0.25, 0.3) is 0 Å². The van der Waals surface area contributed by atoms with E-state index in [2.05, 4.69) is 100 Å². The van der Waals surface area contributed by atoms with Crippen LogP contribution in [0.4, 0.5) is 0 Å². The van der Waals surface area contributed by atoms with Gasteiger partial charge in [0, 0.05) is 0 Å². The lowest BCUT2D eigenvalue weighted by molar-refractivity contribution is 0.128. The quantitative estimate of drug-likeness (QED) is 0.228. The highest BCUT2D eigenvalue weighted by Crippen LogP contribution is 2.58. The van der Waals surface area contributed by atoms with Crippen LogP contribution in [-0.4, -0.2) is 28.8 Å². The largest absolute Gasteiger partial charge is 0.410 e. The van der Waals surface area contributed by atoms with Crippen LogP contribution in [0, 0.1) is 17.3 Å².